The number of imidazole rings is 1. The van der Waals surface area contributed by atoms with Crippen molar-refractivity contribution in [3.63, 3.8) is 0 Å². The summed E-state index contributed by atoms with van der Waals surface area (Å²) >= 11 is 1.65. The summed E-state index contributed by atoms with van der Waals surface area (Å²) in [7, 11) is 0. The molecule has 0 bridgehead atoms. The number of aromatic nitrogens is 2. The Hall–Kier alpha value is -0.950. The van der Waals surface area contributed by atoms with Crippen molar-refractivity contribution in [2.75, 3.05) is 26.2 Å². The van der Waals surface area contributed by atoms with Crippen molar-refractivity contribution < 1.29 is 0 Å². The summed E-state index contributed by atoms with van der Waals surface area (Å²) in [5, 5.41) is 2.03. The van der Waals surface area contributed by atoms with E-state index in [9.17, 15) is 0 Å². The molecule has 2 heterocycles. The maximum absolute atomic E-state index is 5.56. The average molecular weight is 239 g/mol. The van der Waals surface area contributed by atoms with Crippen molar-refractivity contribution in [2.24, 2.45) is 11.5 Å². The topological polar surface area (TPSA) is 72.6 Å². The van der Waals surface area contributed by atoms with Gasteiger partial charge in [0.25, 0.3) is 0 Å². The monoisotopic (exact) mass is 239 g/mol. The standard InChI is InChI=1S/C10H17N5S/c11-1-3-14(4-2-12)7-9-8-15-5-6-16-10(15)13-9/h5-6,8H,1-4,7,11-12H2. The van der Waals surface area contributed by atoms with Crippen LogP contribution in [0.1, 0.15) is 5.69 Å². The SMILES string of the molecule is NCCN(CCN)Cc1cn2ccsc2n1. The summed E-state index contributed by atoms with van der Waals surface area (Å²) in [6.45, 7) is 3.86. The van der Waals surface area contributed by atoms with Crippen LogP contribution in [0.25, 0.3) is 4.96 Å². The van der Waals surface area contributed by atoms with Gasteiger partial charge >= 0.3 is 0 Å². The fraction of sp³-hybridized carbons (Fsp3) is 0.500. The van der Waals surface area contributed by atoms with Gasteiger partial charge in [0.15, 0.2) is 4.96 Å². The summed E-state index contributed by atoms with van der Waals surface area (Å²) in [5.41, 5.74) is 12.2. The molecule has 5 nitrogen and oxygen atoms in total. The molecular formula is C10H17N5S. The lowest BCUT2D eigenvalue weighted by Gasteiger charge is -2.19. The van der Waals surface area contributed by atoms with E-state index in [4.69, 9.17) is 11.5 Å². The van der Waals surface area contributed by atoms with Gasteiger partial charge in [0, 0.05) is 50.5 Å². The van der Waals surface area contributed by atoms with Gasteiger partial charge in [-0.3, -0.25) is 9.30 Å². The highest BCUT2D eigenvalue weighted by atomic mass is 32.1. The van der Waals surface area contributed by atoms with E-state index in [2.05, 4.69) is 16.1 Å². The minimum atomic E-state index is 0.655. The molecule has 6 heteroatoms. The molecule has 0 aromatic carbocycles. The lowest BCUT2D eigenvalue weighted by atomic mass is 10.4. The lowest BCUT2D eigenvalue weighted by molar-refractivity contribution is 0.278. The van der Waals surface area contributed by atoms with Gasteiger partial charge in [-0.15, -0.1) is 11.3 Å². The Labute approximate surface area is 98.7 Å². The summed E-state index contributed by atoms with van der Waals surface area (Å²) < 4.78 is 2.04. The molecule has 0 saturated heterocycles. The number of nitrogens with zero attached hydrogens (tertiary/aromatic N) is 3. The van der Waals surface area contributed by atoms with Gasteiger partial charge in [0.05, 0.1) is 5.69 Å². The Morgan fingerprint density at radius 2 is 2.06 bits per heavy atom. The molecule has 0 amide bonds. The van der Waals surface area contributed by atoms with Crippen LogP contribution in [0.2, 0.25) is 0 Å². The van der Waals surface area contributed by atoms with Crippen LogP contribution in [0.3, 0.4) is 0 Å². The summed E-state index contributed by atoms with van der Waals surface area (Å²) in [4.78, 5) is 7.80. The van der Waals surface area contributed by atoms with Gasteiger partial charge in [-0.05, 0) is 0 Å². The first kappa shape index (κ1) is 11.5. The molecule has 16 heavy (non-hydrogen) atoms. The molecule has 2 aromatic heterocycles. The largest absolute Gasteiger partial charge is 0.329 e. The molecule has 0 fully saturated rings. The predicted molar refractivity (Wildman–Crippen MR) is 66.5 cm³/mol. The van der Waals surface area contributed by atoms with E-state index in [-0.39, 0.29) is 0 Å². The van der Waals surface area contributed by atoms with Crippen LogP contribution < -0.4 is 11.5 Å². The number of hydrogen-bond acceptors (Lipinski definition) is 5. The Kier molecular flexibility index (Phi) is 3.89. The molecule has 0 aliphatic carbocycles. The van der Waals surface area contributed by atoms with Crippen LogP contribution in [-0.4, -0.2) is 40.5 Å². The third-order valence-electron chi connectivity index (χ3n) is 2.42. The van der Waals surface area contributed by atoms with Crippen LogP contribution in [0.4, 0.5) is 0 Å². The maximum Gasteiger partial charge on any atom is 0.193 e. The molecule has 0 saturated carbocycles. The van der Waals surface area contributed by atoms with Crippen molar-refractivity contribution in [2.45, 2.75) is 6.54 Å². The fourth-order valence-electron chi connectivity index (χ4n) is 1.72. The Morgan fingerprint density at radius 1 is 1.31 bits per heavy atom. The van der Waals surface area contributed by atoms with E-state index < -0.39 is 0 Å². The van der Waals surface area contributed by atoms with Crippen LogP contribution in [0, 0.1) is 0 Å². The zero-order valence-corrected chi connectivity index (χ0v) is 9.99. The van der Waals surface area contributed by atoms with E-state index in [0.717, 1.165) is 30.3 Å². The first-order chi connectivity index (χ1) is 7.83. The van der Waals surface area contributed by atoms with Crippen LogP contribution in [-0.2, 0) is 6.54 Å². The van der Waals surface area contributed by atoms with E-state index in [1.807, 2.05) is 16.0 Å². The molecule has 4 N–H and O–H groups in total. The highest BCUT2D eigenvalue weighted by molar-refractivity contribution is 7.15. The second kappa shape index (κ2) is 5.40. The van der Waals surface area contributed by atoms with Crippen LogP contribution >= 0.6 is 11.3 Å². The molecule has 0 aliphatic heterocycles. The summed E-state index contributed by atoms with van der Waals surface area (Å²) in [6.07, 6.45) is 4.08. The lowest BCUT2D eigenvalue weighted by Crippen LogP contribution is -2.33. The van der Waals surface area contributed by atoms with Crippen molar-refractivity contribution >= 4 is 16.3 Å². The normalized spacial score (nSPS) is 11.7. The van der Waals surface area contributed by atoms with Crippen LogP contribution in [0.15, 0.2) is 17.8 Å². The highest BCUT2D eigenvalue weighted by Gasteiger charge is 2.08. The fourth-order valence-corrected chi connectivity index (χ4v) is 2.44. The first-order valence-corrected chi connectivity index (χ1v) is 6.25. The van der Waals surface area contributed by atoms with E-state index in [1.165, 1.54) is 0 Å². The smallest absolute Gasteiger partial charge is 0.193 e. The molecular weight excluding hydrogens is 222 g/mol. The Bertz CT molecular complexity index is 401. The maximum atomic E-state index is 5.56. The van der Waals surface area contributed by atoms with Crippen LogP contribution in [0.5, 0.6) is 0 Å². The second-order valence-electron chi connectivity index (χ2n) is 3.68. The molecule has 0 spiro atoms. The molecule has 0 aliphatic rings. The van der Waals surface area contributed by atoms with Crippen molar-refractivity contribution in [1.82, 2.24) is 14.3 Å². The zero-order chi connectivity index (χ0) is 11.4. The minimum absolute atomic E-state index is 0.655. The summed E-state index contributed by atoms with van der Waals surface area (Å²) in [5.74, 6) is 0. The van der Waals surface area contributed by atoms with Gasteiger partial charge in [-0.25, -0.2) is 4.98 Å². The molecule has 0 unspecified atom stereocenters. The Balaban J connectivity index is 2.03. The van der Waals surface area contributed by atoms with E-state index in [1.54, 1.807) is 11.3 Å². The van der Waals surface area contributed by atoms with Gasteiger partial charge in [0.1, 0.15) is 0 Å². The minimum Gasteiger partial charge on any atom is -0.329 e. The molecule has 2 rings (SSSR count). The number of thiazole rings is 1. The average Bonchev–Trinajstić information content (AvgIpc) is 2.78. The molecule has 0 radical (unpaired) electrons. The van der Waals surface area contributed by atoms with Gasteiger partial charge in [-0.1, -0.05) is 0 Å². The highest BCUT2D eigenvalue weighted by Crippen LogP contribution is 2.12. The summed E-state index contributed by atoms with van der Waals surface area (Å²) in [6, 6.07) is 0. The predicted octanol–water partition coefficient (Wildman–Crippen LogP) is 0.115. The number of nitrogens with two attached hydrogens (primary N) is 2. The second-order valence-corrected chi connectivity index (χ2v) is 4.55. The van der Waals surface area contributed by atoms with Crippen molar-refractivity contribution in [3.8, 4) is 0 Å². The van der Waals surface area contributed by atoms with Gasteiger partial charge < -0.3 is 11.5 Å². The van der Waals surface area contributed by atoms with E-state index >= 15 is 0 Å². The third kappa shape index (κ3) is 2.59. The molecule has 88 valence electrons. The zero-order valence-electron chi connectivity index (χ0n) is 9.17. The quantitative estimate of drug-likeness (QED) is 0.751. The van der Waals surface area contributed by atoms with E-state index in [0.29, 0.717) is 13.1 Å². The molecule has 0 atom stereocenters. The van der Waals surface area contributed by atoms with Gasteiger partial charge in [-0.2, -0.15) is 0 Å². The number of hydrogen-bond donors (Lipinski definition) is 2. The van der Waals surface area contributed by atoms with Gasteiger partial charge in [0.2, 0.25) is 0 Å². The third-order valence-corrected chi connectivity index (χ3v) is 3.19. The molecule has 2 aromatic rings. The van der Waals surface area contributed by atoms with Crippen molar-refractivity contribution in [3.05, 3.63) is 23.5 Å². The number of fused-ring (bicyclic) bond motifs is 1. The first-order valence-electron chi connectivity index (χ1n) is 5.37. The van der Waals surface area contributed by atoms with Crippen molar-refractivity contribution in [1.29, 1.82) is 0 Å². The Morgan fingerprint density at radius 3 is 2.69 bits per heavy atom. The number of rotatable bonds is 6.